The lowest BCUT2D eigenvalue weighted by molar-refractivity contribution is 0.342. The van der Waals surface area contributed by atoms with Crippen LogP contribution in [0, 0.1) is 0 Å². The van der Waals surface area contributed by atoms with Crippen molar-refractivity contribution in [2.75, 3.05) is 23.8 Å². The quantitative estimate of drug-likeness (QED) is 0.810. The zero-order chi connectivity index (χ0) is 13.7. The average Bonchev–Trinajstić information content (AvgIpc) is 2.92. The molecule has 2 rings (SSSR count). The topological polar surface area (TPSA) is 51.6 Å². The number of nitrogen functional groups attached to an aromatic ring is 1. The molecule has 1 aromatic carbocycles. The number of anilines is 2. The maximum Gasteiger partial charge on any atom is 0.144 e. The standard InChI is InChI=1S/C15H20N2O2/c1-3-17(11-13-6-5-9-19-13)12-7-8-14(16)15(10-12)18-4-2/h5-10H,3-4,11,16H2,1-2H3. The zero-order valence-corrected chi connectivity index (χ0v) is 11.4. The van der Waals surface area contributed by atoms with Gasteiger partial charge in [-0.3, -0.25) is 0 Å². The second-order valence-electron chi connectivity index (χ2n) is 4.25. The van der Waals surface area contributed by atoms with Crippen molar-refractivity contribution in [3.8, 4) is 5.75 Å². The highest BCUT2D eigenvalue weighted by Crippen LogP contribution is 2.28. The summed E-state index contributed by atoms with van der Waals surface area (Å²) in [6.07, 6.45) is 1.69. The van der Waals surface area contributed by atoms with Crippen molar-refractivity contribution in [1.82, 2.24) is 0 Å². The first-order chi connectivity index (χ1) is 9.24. The minimum Gasteiger partial charge on any atom is -0.492 e. The lowest BCUT2D eigenvalue weighted by Crippen LogP contribution is -2.21. The molecule has 0 spiro atoms. The fraction of sp³-hybridized carbons (Fsp3) is 0.333. The Bertz CT molecular complexity index is 509. The van der Waals surface area contributed by atoms with Gasteiger partial charge in [-0.15, -0.1) is 0 Å². The Kier molecular flexibility index (Phi) is 4.34. The van der Waals surface area contributed by atoms with Crippen LogP contribution in [0.5, 0.6) is 5.75 Å². The van der Waals surface area contributed by atoms with E-state index in [2.05, 4.69) is 11.8 Å². The molecule has 0 fully saturated rings. The first-order valence-electron chi connectivity index (χ1n) is 6.54. The highest BCUT2D eigenvalue weighted by Gasteiger charge is 2.10. The number of nitrogens with two attached hydrogens (primary N) is 1. The molecular weight excluding hydrogens is 240 g/mol. The summed E-state index contributed by atoms with van der Waals surface area (Å²) < 4.78 is 10.9. The van der Waals surface area contributed by atoms with E-state index in [1.807, 2.05) is 37.3 Å². The van der Waals surface area contributed by atoms with Crippen LogP contribution < -0.4 is 15.4 Å². The van der Waals surface area contributed by atoms with Crippen LogP contribution in [-0.4, -0.2) is 13.2 Å². The van der Waals surface area contributed by atoms with Crippen LogP contribution in [0.2, 0.25) is 0 Å². The van der Waals surface area contributed by atoms with Crippen LogP contribution in [0.3, 0.4) is 0 Å². The Balaban J connectivity index is 2.20. The Morgan fingerprint density at radius 1 is 1.26 bits per heavy atom. The van der Waals surface area contributed by atoms with Gasteiger partial charge in [0.1, 0.15) is 11.5 Å². The molecule has 0 bridgehead atoms. The third-order valence-corrected chi connectivity index (χ3v) is 2.97. The Morgan fingerprint density at radius 2 is 2.11 bits per heavy atom. The summed E-state index contributed by atoms with van der Waals surface area (Å²) in [5, 5.41) is 0. The molecule has 19 heavy (non-hydrogen) atoms. The van der Waals surface area contributed by atoms with Gasteiger partial charge in [0.15, 0.2) is 0 Å². The summed E-state index contributed by atoms with van der Waals surface area (Å²) in [5.74, 6) is 1.68. The smallest absolute Gasteiger partial charge is 0.144 e. The monoisotopic (exact) mass is 260 g/mol. The molecule has 0 atom stereocenters. The summed E-state index contributed by atoms with van der Waals surface area (Å²) >= 11 is 0. The molecule has 4 nitrogen and oxygen atoms in total. The van der Waals surface area contributed by atoms with E-state index in [1.165, 1.54) is 0 Å². The average molecular weight is 260 g/mol. The van der Waals surface area contributed by atoms with Crippen LogP contribution in [0.25, 0.3) is 0 Å². The van der Waals surface area contributed by atoms with Gasteiger partial charge in [-0.2, -0.15) is 0 Å². The normalized spacial score (nSPS) is 10.4. The lowest BCUT2D eigenvalue weighted by atomic mass is 10.2. The van der Waals surface area contributed by atoms with E-state index in [0.29, 0.717) is 12.3 Å². The number of ether oxygens (including phenoxy) is 1. The molecule has 0 aliphatic heterocycles. The number of benzene rings is 1. The van der Waals surface area contributed by atoms with Gasteiger partial charge in [-0.1, -0.05) is 0 Å². The SMILES string of the molecule is CCOc1cc(N(CC)Cc2ccco2)ccc1N. The number of rotatable bonds is 6. The van der Waals surface area contributed by atoms with E-state index in [1.54, 1.807) is 6.26 Å². The Labute approximate surface area is 113 Å². The van der Waals surface area contributed by atoms with Crippen LogP contribution in [-0.2, 0) is 6.54 Å². The van der Waals surface area contributed by atoms with Crippen molar-refractivity contribution in [3.63, 3.8) is 0 Å². The second-order valence-corrected chi connectivity index (χ2v) is 4.25. The van der Waals surface area contributed by atoms with Crippen molar-refractivity contribution in [3.05, 3.63) is 42.4 Å². The number of nitrogens with zero attached hydrogens (tertiary/aromatic N) is 1. The molecular formula is C15H20N2O2. The van der Waals surface area contributed by atoms with E-state index < -0.39 is 0 Å². The highest BCUT2D eigenvalue weighted by atomic mass is 16.5. The largest absolute Gasteiger partial charge is 0.492 e. The third kappa shape index (κ3) is 3.22. The van der Waals surface area contributed by atoms with Crippen LogP contribution >= 0.6 is 0 Å². The molecule has 102 valence electrons. The van der Waals surface area contributed by atoms with E-state index in [9.17, 15) is 0 Å². The summed E-state index contributed by atoms with van der Waals surface area (Å²) in [6.45, 7) is 6.29. The maximum atomic E-state index is 5.89. The van der Waals surface area contributed by atoms with Gasteiger partial charge < -0.3 is 19.8 Å². The molecule has 0 unspecified atom stereocenters. The highest BCUT2D eigenvalue weighted by molar-refractivity contribution is 5.62. The number of furan rings is 1. The molecule has 0 aliphatic rings. The Hall–Kier alpha value is -2.10. The van der Waals surface area contributed by atoms with Gasteiger partial charge in [0.05, 0.1) is 25.1 Å². The molecule has 0 saturated heterocycles. The molecule has 4 heteroatoms. The van der Waals surface area contributed by atoms with Gasteiger partial charge in [0, 0.05) is 18.3 Å². The lowest BCUT2D eigenvalue weighted by Gasteiger charge is -2.23. The summed E-state index contributed by atoms with van der Waals surface area (Å²) in [7, 11) is 0. The van der Waals surface area contributed by atoms with E-state index in [0.717, 1.165) is 30.3 Å². The molecule has 2 N–H and O–H groups in total. The van der Waals surface area contributed by atoms with Crippen molar-refractivity contribution in [2.24, 2.45) is 0 Å². The van der Waals surface area contributed by atoms with E-state index in [4.69, 9.17) is 14.9 Å². The van der Waals surface area contributed by atoms with Crippen LogP contribution in [0.15, 0.2) is 41.0 Å². The van der Waals surface area contributed by atoms with Crippen molar-refractivity contribution < 1.29 is 9.15 Å². The maximum absolute atomic E-state index is 5.89. The van der Waals surface area contributed by atoms with E-state index in [-0.39, 0.29) is 0 Å². The molecule has 0 radical (unpaired) electrons. The summed E-state index contributed by atoms with van der Waals surface area (Å²) in [5.41, 5.74) is 7.64. The van der Waals surface area contributed by atoms with Crippen molar-refractivity contribution in [1.29, 1.82) is 0 Å². The van der Waals surface area contributed by atoms with Crippen molar-refractivity contribution >= 4 is 11.4 Å². The Morgan fingerprint density at radius 3 is 2.74 bits per heavy atom. The van der Waals surface area contributed by atoms with Gasteiger partial charge in [-0.05, 0) is 38.1 Å². The fourth-order valence-corrected chi connectivity index (χ4v) is 1.98. The fourth-order valence-electron chi connectivity index (χ4n) is 1.98. The van der Waals surface area contributed by atoms with Gasteiger partial charge in [0.2, 0.25) is 0 Å². The van der Waals surface area contributed by atoms with Crippen LogP contribution in [0.1, 0.15) is 19.6 Å². The zero-order valence-electron chi connectivity index (χ0n) is 11.4. The number of hydrogen-bond acceptors (Lipinski definition) is 4. The second kappa shape index (κ2) is 6.18. The first-order valence-corrected chi connectivity index (χ1v) is 6.54. The van der Waals surface area contributed by atoms with Crippen LogP contribution in [0.4, 0.5) is 11.4 Å². The minimum atomic E-state index is 0.609. The molecule has 1 heterocycles. The predicted octanol–water partition coefficient (Wildman–Crippen LogP) is 3.29. The molecule has 0 saturated carbocycles. The minimum absolute atomic E-state index is 0.609. The summed E-state index contributed by atoms with van der Waals surface area (Å²) in [4.78, 5) is 2.21. The van der Waals surface area contributed by atoms with Gasteiger partial charge in [0.25, 0.3) is 0 Å². The van der Waals surface area contributed by atoms with Gasteiger partial charge >= 0.3 is 0 Å². The summed E-state index contributed by atoms with van der Waals surface area (Å²) in [6, 6.07) is 9.74. The third-order valence-electron chi connectivity index (χ3n) is 2.97. The first kappa shape index (κ1) is 13.3. The number of hydrogen-bond donors (Lipinski definition) is 1. The van der Waals surface area contributed by atoms with Gasteiger partial charge in [-0.25, -0.2) is 0 Å². The molecule has 2 aromatic rings. The predicted molar refractivity (Wildman–Crippen MR) is 77.5 cm³/mol. The molecule has 1 aromatic heterocycles. The molecule has 0 aliphatic carbocycles. The van der Waals surface area contributed by atoms with Crippen molar-refractivity contribution in [2.45, 2.75) is 20.4 Å². The van der Waals surface area contributed by atoms with E-state index >= 15 is 0 Å². The molecule has 0 amide bonds.